The smallest absolute Gasteiger partial charge is 0.424 e. The second kappa shape index (κ2) is 6.97. The van der Waals surface area contributed by atoms with Gasteiger partial charge < -0.3 is 19.4 Å². The molecule has 0 saturated heterocycles. The summed E-state index contributed by atoms with van der Waals surface area (Å²) in [6.07, 6.45) is -3.26. The lowest BCUT2D eigenvalue weighted by Gasteiger charge is -2.29. The van der Waals surface area contributed by atoms with Crippen molar-refractivity contribution in [3.05, 3.63) is 53.3 Å². The SMILES string of the molecule is Cc1c(C(=O)NCCC(O)(c2nccn2C)C(F)(F)F)oc2c(C)cccc12. The molecule has 1 unspecified atom stereocenters. The standard InChI is InChI=1S/C19H20F3N3O3/c1-11-5-4-6-13-12(2)15(28-14(11)13)16(26)23-8-7-18(27,19(20,21)22)17-24-9-10-25(17)3/h4-6,9-10,27H,7-8H2,1-3H3,(H,23,26). The maximum absolute atomic E-state index is 13.5. The first kappa shape index (κ1) is 19.9. The van der Waals surface area contributed by atoms with Crippen molar-refractivity contribution >= 4 is 16.9 Å². The van der Waals surface area contributed by atoms with E-state index in [2.05, 4.69) is 10.3 Å². The topological polar surface area (TPSA) is 80.3 Å². The number of halogens is 3. The van der Waals surface area contributed by atoms with Crippen molar-refractivity contribution in [2.24, 2.45) is 7.05 Å². The van der Waals surface area contributed by atoms with Gasteiger partial charge in [-0.15, -0.1) is 0 Å². The fraction of sp³-hybridized carbons (Fsp3) is 0.368. The van der Waals surface area contributed by atoms with Gasteiger partial charge in [0.2, 0.25) is 5.60 Å². The molecule has 1 aromatic carbocycles. The zero-order valence-corrected chi connectivity index (χ0v) is 15.6. The number of hydrogen-bond acceptors (Lipinski definition) is 4. The van der Waals surface area contributed by atoms with Crippen LogP contribution in [0.5, 0.6) is 0 Å². The van der Waals surface area contributed by atoms with Crippen LogP contribution in [0.4, 0.5) is 13.2 Å². The molecule has 0 aliphatic heterocycles. The lowest BCUT2D eigenvalue weighted by molar-refractivity contribution is -0.272. The van der Waals surface area contributed by atoms with Crippen molar-refractivity contribution in [3.8, 4) is 0 Å². The summed E-state index contributed by atoms with van der Waals surface area (Å²) in [7, 11) is 1.36. The Bertz CT molecular complexity index is 1020. The van der Waals surface area contributed by atoms with Gasteiger partial charge in [0.15, 0.2) is 5.76 Å². The number of nitrogens with one attached hydrogen (secondary N) is 1. The number of carbonyl (C=O) groups is 1. The predicted octanol–water partition coefficient (Wildman–Crippen LogP) is 3.35. The average molecular weight is 395 g/mol. The number of alkyl halides is 3. The molecule has 0 aliphatic carbocycles. The van der Waals surface area contributed by atoms with Gasteiger partial charge in [0.05, 0.1) is 0 Å². The van der Waals surface area contributed by atoms with E-state index in [-0.39, 0.29) is 5.76 Å². The Morgan fingerprint density at radius 2 is 2.04 bits per heavy atom. The monoisotopic (exact) mass is 395 g/mol. The van der Waals surface area contributed by atoms with Crippen LogP contribution >= 0.6 is 0 Å². The number of aromatic nitrogens is 2. The molecule has 0 saturated carbocycles. The van der Waals surface area contributed by atoms with Crippen LogP contribution in [0.3, 0.4) is 0 Å². The Labute approximate surface area is 159 Å². The van der Waals surface area contributed by atoms with E-state index in [4.69, 9.17) is 4.42 Å². The second-order valence-electron chi connectivity index (χ2n) is 6.73. The molecule has 0 spiro atoms. The van der Waals surface area contributed by atoms with Gasteiger partial charge in [0.25, 0.3) is 5.91 Å². The predicted molar refractivity (Wildman–Crippen MR) is 95.8 cm³/mol. The third-order valence-corrected chi connectivity index (χ3v) is 4.80. The molecular weight excluding hydrogens is 375 g/mol. The number of rotatable bonds is 5. The molecule has 1 amide bonds. The van der Waals surface area contributed by atoms with Gasteiger partial charge >= 0.3 is 6.18 Å². The number of furan rings is 1. The van der Waals surface area contributed by atoms with Crippen molar-refractivity contribution in [1.82, 2.24) is 14.9 Å². The van der Waals surface area contributed by atoms with Crippen molar-refractivity contribution < 1.29 is 27.5 Å². The molecule has 3 rings (SSSR count). The Hall–Kier alpha value is -2.81. The third-order valence-electron chi connectivity index (χ3n) is 4.80. The number of benzene rings is 1. The van der Waals surface area contributed by atoms with Gasteiger partial charge in [-0.25, -0.2) is 4.98 Å². The van der Waals surface area contributed by atoms with Crippen molar-refractivity contribution in [2.75, 3.05) is 6.54 Å². The molecule has 0 fully saturated rings. The van der Waals surface area contributed by atoms with Gasteiger partial charge in [-0.3, -0.25) is 4.79 Å². The maximum atomic E-state index is 13.5. The number of amides is 1. The van der Waals surface area contributed by atoms with Gasteiger partial charge in [-0.1, -0.05) is 18.2 Å². The highest BCUT2D eigenvalue weighted by Crippen LogP contribution is 2.40. The van der Waals surface area contributed by atoms with Gasteiger partial charge in [0, 0.05) is 43.4 Å². The molecule has 0 aliphatic rings. The van der Waals surface area contributed by atoms with Gasteiger partial charge in [-0.2, -0.15) is 13.2 Å². The van der Waals surface area contributed by atoms with Crippen LogP contribution in [-0.2, 0) is 12.6 Å². The molecular formula is C19H20F3N3O3. The molecule has 2 heterocycles. The maximum Gasteiger partial charge on any atom is 0.424 e. The fourth-order valence-corrected chi connectivity index (χ4v) is 3.18. The average Bonchev–Trinajstić information content (AvgIpc) is 3.19. The molecule has 6 nitrogen and oxygen atoms in total. The summed E-state index contributed by atoms with van der Waals surface area (Å²) in [4.78, 5) is 16.1. The lowest BCUT2D eigenvalue weighted by atomic mass is 9.97. The number of hydrogen-bond donors (Lipinski definition) is 2. The van der Waals surface area contributed by atoms with Crippen LogP contribution in [0, 0.1) is 13.8 Å². The van der Waals surface area contributed by atoms with Crippen LogP contribution in [0.1, 0.15) is 33.9 Å². The van der Waals surface area contributed by atoms with Crippen LogP contribution in [0.15, 0.2) is 35.0 Å². The van der Waals surface area contributed by atoms with E-state index in [1.165, 1.54) is 19.4 Å². The highest BCUT2D eigenvalue weighted by atomic mass is 19.4. The Morgan fingerprint density at radius 3 is 2.61 bits per heavy atom. The van der Waals surface area contributed by atoms with Crippen LogP contribution < -0.4 is 5.32 Å². The van der Waals surface area contributed by atoms with E-state index in [1.807, 2.05) is 19.1 Å². The minimum absolute atomic E-state index is 0.0387. The number of aryl methyl sites for hydroxylation is 3. The van der Waals surface area contributed by atoms with E-state index in [9.17, 15) is 23.1 Å². The van der Waals surface area contributed by atoms with Crippen molar-refractivity contribution in [3.63, 3.8) is 0 Å². The minimum Gasteiger partial charge on any atom is -0.450 e. The second-order valence-corrected chi connectivity index (χ2v) is 6.73. The number of fused-ring (bicyclic) bond motifs is 1. The first-order valence-electron chi connectivity index (χ1n) is 8.60. The van der Waals surface area contributed by atoms with Crippen LogP contribution in [0.2, 0.25) is 0 Å². The zero-order chi connectivity index (χ0) is 20.7. The number of para-hydroxylation sites is 1. The summed E-state index contributed by atoms with van der Waals surface area (Å²) in [5, 5.41) is 13.5. The number of carbonyl (C=O) groups excluding carboxylic acids is 1. The first-order valence-corrected chi connectivity index (χ1v) is 8.60. The largest absolute Gasteiger partial charge is 0.450 e. The van der Waals surface area contributed by atoms with E-state index >= 15 is 0 Å². The van der Waals surface area contributed by atoms with Crippen molar-refractivity contribution in [2.45, 2.75) is 32.0 Å². The van der Waals surface area contributed by atoms with E-state index in [1.54, 1.807) is 13.0 Å². The lowest BCUT2D eigenvalue weighted by Crippen LogP contribution is -2.46. The molecule has 28 heavy (non-hydrogen) atoms. The highest BCUT2D eigenvalue weighted by Gasteiger charge is 2.57. The molecule has 0 bridgehead atoms. The fourth-order valence-electron chi connectivity index (χ4n) is 3.18. The summed E-state index contributed by atoms with van der Waals surface area (Å²) < 4.78 is 47.2. The highest BCUT2D eigenvalue weighted by molar-refractivity contribution is 5.99. The van der Waals surface area contributed by atoms with E-state index < -0.39 is 36.5 Å². The Balaban J connectivity index is 1.78. The summed E-state index contributed by atoms with van der Waals surface area (Å²) in [6, 6.07) is 5.48. The molecule has 9 heteroatoms. The summed E-state index contributed by atoms with van der Waals surface area (Å²) >= 11 is 0. The third kappa shape index (κ3) is 3.26. The number of imidazole rings is 1. The van der Waals surface area contributed by atoms with E-state index in [0.717, 1.165) is 15.5 Å². The molecule has 150 valence electrons. The molecule has 2 aromatic heterocycles. The molecule has 3 aromatic rings. The quantitative estimate of drug-likeness (QED) is 0.694. The summed E-state index contributed by atoms with van der Waals surface area (Å²) in [5.41, 5.74) is -1.17. The van der Waals surface area contributed by atoms with E-state index in [0.29, 0.717) is 11.1 Å². The first-order chi connectivity index (χ1) is 13.1. The van der Waals surface area contributed by atoms with Gasteiger partial charge in [-0.05, 0) is 19.4 Å². The van der Waals surface area contributed by atoms with Crippen LogP contribution in [-0.4, -0.2) is 33.3 Å². The molecule has 0 radical (unpaired) electrons. The van der Waals surface area contributed by atoms with Crippen LogP contribution in [0.25, 0.3) is 11.0 Å². The molecule has 2 N–H and O–H groups in total. The zero-order valence-electron chi connectivity index (χ0n) is 15.6. The summed E-state index contributed by atoms with van der Waals surface area (Å²) in [5.74, 6) is -1.14. The van der Waals surface area contributed by atoms with Crippen molar-refractivity contribution in [1.29, 1.82) is 0 Å². The Kier molecular flexibility index (Phi) is 4.97. The number of aliphatic hydroxyl groups is 1. The normalized spacial score (nSPS) is 14.2. The molecule has 1 atom stereocenters. The number of nitrogens with zero attached hydrogens (tertiary/aromatic N) is 2. The van der Waals surface area contributed by atoms with Gasteiger partial charge in [0.1, 0.15) is 11.4 Å². The minimum atomic E-state index is -4.96. The summed E-state index contributed by atoms with van der Waals surface area (Å²) in [6.45, 7) is 3.13. The Morgan fingerprint density at radius 1 is 1.32 bits per heavy atom.